The zero-order chi connectivity index (χ0) is 15.0. The van der Waals surface area contributed by atoms with Crippen molar-refractivity contribution >= 4 is 0 Å². The van der Waals surface area contributed by atoms with Gasteiger partial charge in [-0.2, -0.15) is 0 Å². The molecule has 20 heavy (non-hydrogen) atoms. The first-order valence-electron chi connectivity index (χ1n) is 7.31. The fourth-order valence-electron chi connectivity index (χ4n) is 4.04. The van der Waals surface area contributed by atoms with Crippen molar-refractivity contribution in [2.24, 2.45) is 17.1 Å². The summed E-state index contributed by atoms with van der Waals surface area (Å²) in [6, 6.07) is 5.91. The van der Waals surface area contributed by atoms with Crippen LogP contribution in [0, 0.1) is 11.3 Å². The van der Waals surface area contributed by atoms with Crippen LogP contribution in [0.15, 0.2) is 18.2 Å². The van der Waals surface area contributed by atoms with Crippen LogP contribution >= 0.6 is 0 Å². The van der Waals surface area contributed by atoms with Crippen molar-refractivity contribution in [1.82, 2.24) is 0 Å². The van der Waals surface area contributed by atoms with E-state index < -0.39 is 0 Å². The third-order valence-electron chi connectivity index (χ3n) is 4.35. The molecule has 0 spiro atoms. The highest BCUT2D eigenvalue weighted by Gasteiger charge is 2.42. The Morgan fingerprint density at radius 1 is 1.15 bits per heavy atom. The minimum Gasteiger partial charge on any atom is -0.497 e. The molecular formula is C17H27NO2. The Morgan fingerprint density at radius 3 is 2.40 bits per heavy atom. The zero-order valence-electron chi connectivity index (χ0n) is 13.3. The molecule has 0 aromatic heterocycles. The SMILES string of the molecule is COc1ccc(OC)c(C2(N)CC(C)CC(C)(C)C2)c1. The molecule has 0 radical (unpaired) electrons. The summed E-state index contributed by atoms with van der Waals surface area (Å²) in [5.41, 5.74) is 7.78. The second kappa shape index (κ2) is 5.28. The van der Waals surface area contributed by atoms with Crippen LogP contribution in [0.2, 0.25) is 0 Å². The summed E-state index contributed by atoms with van der Waals surface area (Å²) in [5, 5.41) is 0. The largest absolute Gasteiger partial charge is 0.497 e. The van der Waals surface area contributed by atoms with Crippen molar-refractivity contribution in [2.75, 3.05) is 14.2 Å². The number of methoxy groups -OCH3 is 2. The van der Waals surface area contributed by atoms with E-state index in [2.05, 4.69) is 20.8 Å². The molecule has 0 heterocycles. The Morgan fingerprint density at radius 2 is 1.85 bits per heavy atom. The predicted octanol–water partition coefficient (Wildman–Crippen LogP) is 3.70. The Bertz CT molecular complexity index is 484. The Labute approximate surface area is 122 Å². The molecule has 0 bridgehead atoms. The lowest BCUT2D eigenvalue weighted by atomic mass is 9.62. The van der Waals surface area contributed by atoms with Crippen molar-refractivity contribution in [3.63, 3.8) is 0 Å². The van der Waals surface area contributed by atoms with Gasteiger partial charge >= 0.3 is 0 Å². The molecule has 1 aromatic rings. The number of hydrogen-bond donors (Lipinski definition) is 1. The van der Waals surface area contributed by atoms with Crippen LogP contribution in [0.4, 0.5) is 0 Å². The van der Waals surface area contributed by atoms with Crippen LogP contribution in [-0.4, -0.2) is 14.2 Å². The second-order valence-corrected chi connectivity index (χ2v) is 7.08. The summed E-state index contributed by atoms with van der Waals surface area (Å²) >= 11 is 0. The van der Waals surface area contributed by atoms with Crippen molar-refractivity contribution in [1.29, 1.82) is 0 Å². The lowest BCUT2D eigenvalue weighted by Gasteiger charge is -2.46. The van der Waals surface area contributed by atoms with Gasteiger partial charge in [0.05, 0.1) is 14.2 Å². The normalized spacial score (nSPS) is 29.0. The molecule has 112 valence electrons. The molecule has 2 atom stereocenters. The monoisotopic (exact) mass is 277 g/mol. The smallest absolute Gasteiger partial charge is 0.124 e. The first-order valence-corrected chi connectivity index (χ1v) is 7.31. The first kappa shape index (κ1) is 15.2. The maximum atomic E-state index is 6.81. The van der Waals surface area contributed by atoms with Crippen molar-refractivity contribution in [2.45, 2.75) is 45.6 Å². The first-order chi connectivity index (χ1) is 9.29. The molecule has 1 aliphatic rings. The third kappa shape index (κ3) is 2.93. The molecule has 0 saturated heterocycles. The maximum absolute atomic E-state index is 6.81. The summed E-state index contributed by atoms with van der Waals surface area (Å²) in [5.74, 6) is 2.31. The molecule has 0 aliphatic heterocycles. The second-order valence-electron chi connectivity index (χ2n) is 7.08. The van der Waals surface area contributed by atoms with E-state index in [1.54, 1.807) is 14.2 Å². The number of rotatable bonds is 3. The van der Waals surface area contributed by atoms with Crippen LogP contribution in [0.1, 0.15) is 45.6 Å². The van der Waals surface area contributed by atoms with Crippen LogP contribution < -0.4 is 15.2 Å². The Hall–Kier alpha value is -1.22. The summed E-state index contributed by atoms with van der Waals surface area (Å²) in [4.78, 5) is 0. The van der Waals surface area contributed by atoms with Gasteiger partial charge in [0.15, 0.2) is 0 Å². The molecule has 1 fully saturated rings. The Balaban J connectivity index is 2.47. The molecule has 0 amide bonds. The number of benzene rings is 1. The van der Waals surface area contributed by atoms with E-state index in [0.717, 1.165) is 29.9 Å². The van der Waals surface area contributed by atoms with E-state index in [1.165, 1.54) is 6.42 Å². The molecular weight excluding hydrogens is 250 g/mol. The zero-order valence-corrected chi connectivity index (χ0v) is 13.3. The van der Waals surface area contributed by atoms with E-state index in [9.17, 15) is 0 Å². The van der Waals surface area contributed by atoms with E-state index in [1.807, 2.05) is 18.2 Å². The van der Waals surface area contributed by atoms with Crippen molar-refractivity contribution < 1.29 is 9.47 Å². The summed E-state index contributed by atoms with van der Waals surface area (Å²) in [6.07, 6.45) is 3.17. The summed E-state index contributed by atoms with van der Waals surface area (Å²) in [7, 11) is 3.38. The van der Waals surface area contributed by atoms with Gasteiger partial charge in [-0.1, -0.05) is 20.8 Å². The van der Waals surface area contributed by atoms with Gasteiger partial charge in [0, 0.05) is 11.1 Å². The molecule has 2 N–H and O–H groups in total. The highest BCUT2D eigenvalue weighted by Crippen LogP contribution is 2.49. The van der Waals surface area contributed by atoms with Gasteiger partial charge < -0.3 is 15.2 Å². The molecule has 1 aliphatic carbocycles. The standard InChI is InChI=1S/C17H27NO2/c1-12-9-16(2,3)11-17(18,10-12)14-8-13(19-4)6-7-15(14)20-5/h6-8,12H,9-11,18H2,1-5H3. The molecule has 3 heteroatoms. The predicted molar refractivity (Wildman–Crippen MR) is 82.2 cm³/mol. The van der Waals surface area contributed by atoms with Gasteiger partial charge in [0.1, 0.15) is 11.5 Å². The minimum atomic E-state index is -0.346. The molecule has 2 rings (SSSR count). The van der Waals surface area contributed by atoms with Gasteiger partial charge in [-0.05, 0) is 48.8 Å². The maximum Gasteiger partial charge on any atom is 0.124 e. The van der Waals surface area contributed by atoms with Gasteiger partial charge in [-0.15, -0.1) is 0 Å². The molecule has 1 saturated carbocycles. The van der Waals surface area contributed by atoms with Crippen LogP contribution in [0.25, 0.3) is 0 Å². The van der Waals surface area contributed by atoms with Crippen molar-refractivity contribution in [3.8, 4) is 11.5 Å². The minimum absolute atomic E-state index is 0.251. The van der Waals surface area contributed by atoms with Crippen molar-refractivity contribution in [3.05, 3.63) is 23.8 Å². The number of hydrogen-bond acceptors (Lipinski definition) is 3. The van der Waals surface area contributed by atoms with E-state index in [4.69, 9.17) is 15.2 Å². The topological polar surface area (TPSA) is 44.5 Å². The molecule has 3 nitrogen and oxygen atoms in total. The quantitative estimate of drug-likeness (QED) is 0.916. The lowest BCUT2D eigenvalue weighted by Crippen LogP contribution is -2.46. The van der Waals surface area contributed by atoms with Crippen LogP contribution in [0.5, 0.6) is 11.5 Å². The van der Waals surface area contributed by atoms with Gasteiger partial charge in [-0.25, -0.2) is 0 Å². The fraction of sp³-hybridized carbons (Fsp3) is 0.647. The van der Waals surface area contributed by atoms with E-state index in [0.29, 0.717) is 5.92 Å². The molecule has 2 unspecified atom stereocenters. The third-order valence-corrected chi connectivity index (χ3v) is 4.35. The summed E-state index contributed by atoms with van der Waals surface area (Å²) < 4.78 is 10.9. The van der Waals surface area contributed by atoms with E-state index in [-0.39, 0.29) is 11.0 Å². The lowest BCUT2D eigenvalue weighted by molar-refractivity contribution is 0.105. The average molecular weight is 277 g/mol. The highest BCUT2D eigenvalue weighted by atomic mass is 16.5. The van der Waals surface area contributed by atoms with Crippen LogP contribution in [-0.2, 0) is 5.54 Å². The number of ether oxygens (including phenoxy) is 2. The highest BCUT2D eigenvalue weighted by molar-refractivity contribution is 5.45. The Kier molecular flexibility index (Phi) is 4.01. The van der Waals surface area contributed by atoms with Crippen LogP contribution in [0.3, 0.4) is 0 Å². The number of nitrogens with two attached hydrogens (primary N) is 1. The van der Waals surface area contributed by atoms with E-state index >= 15 is 0 Å². The van der Waals surface area contributed by atoms with Gasteiger partial charge in [-0.3, -0.25) is 0 Å². The fourth-order valence-corrected chi connectivity index (χ4v) is 4.04. The molecule has 1 aromatic carbocycles. The van der Waals surface area contributed by atoms with Gasteiger partial charge in [0.2, 0.25) is 0 Å². The average Bonchev–Trinajstić information content (AvgIpc) is 2.35. The summed E-state index contributed by atoms with van der Waals surface area (Å²) in [6.45, 7) is 6.89. The van der Waals surface area contributed by atoms with Gasteiger partial charge in [0.25, 0.3) is 0 Å².